The van der Waals surface area contributed by atoms with Gasteiger partial charge in [-0.3, -0.25) is 4.90 Å². The Bertz CT molecular complexity index is 1910. The van der Waals surface area contributed by atoms with Gasteiger partial charge in [0.1, 0.15) is 11.6 Å². The van der Waals surface area contributed by atoms with E-state index in [4.69, 9.17) is 9.47 Å². The van der Waals surface area contributed by atoms with Crippen molar-refractivity contribution in [3.63, 3.8) is 0 Å². The van der Waals surface area contributed by atoms with Crippen LogP contribution in [0.25, 0.3) is 0 Å². The van der Waals surface area contributed by atoms with Gasteiger partial charge in [0.25, 0.3) is 0 Å². The molecule has 0 atom stereocenters. The second kappa shape index (κ2) is 24.2. The highest BCUT2D eigenvalue weighted by Crippen LogP contribution is 2.38. The second-order valence-corrected chi connectivity index (χ2v) is 18.2. The summed E-state index contributed by atoms with van der Waals surface area (Å²) in [5, 5.41) is 0. The summed E-state index contributed by atoms with van der Waals surface area (Å²) in [6.45, 7) is 8.58. The van der Waals surface area contributed by atoms with Crippen molar-refractivity contribution in [1.29, 1.82) is 0 Å². The zero-order valence-corrected chi connectivity index (χ0v) is 35.0. The van der Waals surface area contributed by atoms with E-state index in [0.717, 1.165) is 31.3 Å². The molecule has 0 saturated carbocycles. The molecule has 0 fully saturated rings. The van der Waals surface area contributed by atoms with Gasteiger partial charge in [-0.15, -0.1) is 0 Å². The third kappa shape index (κ3) is 22.1. The monoisotopic (exact) mass is 869 g/mol. The van der Waals surface area contributed by atoms with Crippen molar-refractivity contribution in [3.8, 4) is 0 Å². The van der Waals surface area contributed by atoms with Gasteiger partial charge in [0, 0.05) is 62.6 Å². The molecule has 0 saturated heterocycles. The topological polar surface area (TPSA) is 326 Å². The second-order valence-electron chi connectivity index (χ2n) is 12.1. The molecule has 23 heteroatoms. The van der Waals surface area contributed by atoms with E-state index in [1.807, 2.05) is 12.1 Å². The molecule has 2 aromatic carbocycles. The van der Waals surface area contributed by atoms with Gasteiger partial charge in [-0.05, 0) is 65.9 Å². The summed E-state index contributed by atoms with van der Waals surface area (Å²) in [7, 11) is -19.3. The Kier molecular flexibility index (Phi) is 21.4. The van der Waals surface area contributed by atoms with E-state index in [-0.39, 0.29) is 41.0 Å². The molecule has 316 valence electrons. The minimum atomic E-state index is -4.89. The fraction of sp³-hybridized carbons (Fsp3) is 0.412. The lowest BCUT2D eigenvalue weighted by molar-refractivity contribution is -0.316. The predicted molar refractivity (Wildman–Crippen MR) is 193 cm³/mol. The summed E-state index contributed by atoms with van der Waals surface area (Å²) in [6.07, 6.45) is 3.87. The Morgan fingerprint density at radius 3 is 1.19 bits per heavy atom. The van der Waals surface area contributed by atoms with E-state index >= 15 is 0 Å². The summed E-state index contributed by atoms with van der Waals surface area (Å²) < 4.78 is 53.8. The van der Waals surface area contributed by atoms with Gasteiger partial charge in [0.2, 0.25) is 0 Å². The molecule has 4 aromatic rings. The summed E-state index contributed by atoms with van der Waals surface area (Å²) in [4.78, 5) is 106. The van der Waals surface area contributed by atoms with Crippen molar-refractivity contribution in [2.75, 3.05) is 19.8 Å². The zero-order chi connectivity index (χ0) is 42.7. The number of rotatable bonds is 19. The summed E-state index contributed by atoms with van der Waals surface area (Å²) in [5.41, 5.74) is 1.07. The minimum absolute atomic E-state index is 0.0301. The van der Waals surface area contributed by atoms with E-state index in [0.29, 0.717) is 18.8 Å². The van der Waals surface area contributed by atoms with Crippen LogP contribution in [0.1, 0.15) is 65.8 Å². The maximum Gasteiger partial charge on any atom is 0.142 e. The first-order chi connectivity index (χ1) is 26.6. The Labute approximate surface area is 331 Å². The third-order valence-corrected chi connectivity index (χ3v) is 10.4. The molecule has 0 bridgehead atoms. The van der Waals surface area contributed by atoms with Crippen LogP contribution < -0.4 is 39.1 Å². The lowest BCUT2D eigenvalue weighted by Gasteiger charge is -2.34. The Balaban J connectivity index is 0.000000296. The molecule has 2 aromatic heterocycles. The molecule has 0 aliphatic rings. The molecule has 19 nitrogen and oxygen atoms in total. The van der Waals surface area contributed by atoms with Crippen molar-refractivity contribution in [1.82, 2.24) is 24.8 Å². The molecule has 0 aliphatic carbocycles. The normalized spacial score (nSPS) is 12.1. The van der Waals surface area contributed by atoms with Gasteiger partial charge in [-0.25, -0.2) is 19.9 Å². The van der Waals surface area contributed by atoms with E-state index in [2.05, 4.69) is 31.8 Å². The number of ether oxygens (including phenoxy) is 2. The van der Waals surface area contributed by atoms with Crippen LogP contribution in [0.15, 0.2) is 73.3 Å². The standard InChI is InChI=1S/C12H15N5.2C11H18O7P2/c1-2-17(9-11-13-5-3-6-14-11)10-12-15-7-4-8-16-12;1-2-18-6-11-9(7-19(12,13)14)4-3-5-10(11)8-20(15,16)17;1-2-18-6-9-4-3-5-10(7-19(12,13)14)11(9)8-20(15,16)17/h3-8H,2,9-10H2,1H3;2*3-5H,2,6-8H2,1H3,(H2,12,13,14)(H2,15,16,17)/p-8. The van der Waals surface area contributed by atoms with Crippen LogP contribution in [0.3, 0.4) is 0 Å². The van der Waals surface area contributed by atoms with Crippen LogP contribution in [0, 0.1) is 0 Å². The predicted octanol–water partition coefficient (Wildman–Crippen LogP) is -0.610. The van der Waals surface area contributed by atoms with E-state index < -0.39 is 55.0 Å². The molecular formula is C34H43N5O14P4-8. The number of nitrogens with zero attached hydrogens (tertiary/aromatic N) is 5. The first-order valence-corrected chi connectivity index (χ1v) is 24.2. The number of hydrogen-bond donors (Lipinski definition) is 0. The van der Waals surface area contributed by atoms with Gasteiger partial charge in [-0.2, -0.15) is 0 Å². The van der Waals surface area contributed by atoms with Crippen molar-refractivity contribution in [3.05, 3.63) is 118 Å². The Hall–Kier alpha value is -2.92. The fourth-order valence-corrected chi connectivity index (χ4v) is 8.02. The van der Waals surface area contributed by atoms with Gasteiger partial charge in [0.15, 0.2) is 0 Å². The first-order valence-electron chi connectivity index (χ1n) is 17.3. The largest absolute Gasteiger partial charge is 0.810 e. The molecule has 57 heavy (non-hydrogen) atoms. The molecule has 0 aliphatic heterocycles. The van der Waals surface area contributed by atoms with Crippen molar-refractivity contribution < 1.29 is 66.9 Å². The minimum Gasteiger partial charge on any atom is -0.810 e. The first kappa shape index (κ1) is 50.2. The van der Waals surface area contributed by atoms with Crippen LogP contribution in [0.5, 0.6) is 0 Å². The van der Waals surface area contributed by atoms with Crippen LogP contribution in [0.2, 0.25) is 0 Å². The average molecular weight is 870 g/mol. The molecule has 0 radical (unpaired) electrons. The molecular weight excluding hydrogens is 826 g/mol. The third-order valence-electron chi connectivity index (χ3n) is 7.51. The fourth-order valence-electron chi connectivity index (χ4n) is 5.08. The summed E-state index contributed by atoms with van der Waals surface area (Å²) >= 11 is 0. The lowest BCUT2D eigenvalue weighted by Crippen LogP contribution is -2.24. The summed E-state index contributed by atoms with van der Waals surface area (Å²) in [6, 6.07) is 12.2. The zero-order valence-electron chi connectivity index (χ0n) is 31.4. The van der Waals surface area contributed by atoms with Gasteiger partial charge < -0.3 is 66.9 Å². The number of hydrogen-bond acceptors (Lipinski definition) is 19. The smallest absolute Gasteiger partial charge is 0.142 e. The highest BCUT2D eigenvalue weighted by atomic mass is 31.2. The molecule has 4 rings (SSSR count). The van der Waals surface area contributed by atoms with Gasteiger partial charge in [-0.1, -0.05) is 73.7 Å². The van der Waals surface area contributed by atoms with Crippen molar-refractivity contribution >= 4 is 30.4 Å². The Morgan fingerprint density at radius 2 is 0.842 bits per heavy atom. The molecule has 0 amide bonds. The lowest BCUT2D eigenvalue weighted by atomic mass is 10.0. The maximum absolute atomic E-state index is 11.0. The van der Waals surface area contributed by atoms with Crippen LogP contribution in [-0.4, -0.2) is 44.6 Å². The summed E-state index contributed by atoms with van der Waals surface area (Å²) in [5.74, 6) is 1.65. The number of benzene rings is 2. The van der Waals surface area contributed by atoms with Gasteiger partial charge in [0.05, 0.1) is 26.3 Å². The van der Waals surface area contributed by atoms with Crippen LogP contribution in [0.4, 0.5) is 0 Å². The SMILES string of the molecule is CCN(Cc1ncccn1)Cc1ncccn1.CCOCc1c(CP(=O)([O-])[O-])cccc1CP(=O)([O-])[O-].CCOCc1cccc(CP(=O)([O-])[O-])c1CP(=O)([O-])[O-]. The Morgan fingerprint density at radius 1 is 0.491 bits per heavy atom. The van der Waals surface area contributed by atoms with Gasteiger partial charge >= 0.3 is 0 Å². The quantitative estimate of drug-likeness (QED) is 0.106. The molecule has 0 unspecified atom stereocenters. The van der Waals surface area contributed by atoms with Crippen molar-refractivity contribution in [2.24, 2.45) is 0 Å². The van der Waals surface area contributed by atoms with Crippen molar-refractivity contribution in [2.45, 2.75) is 71.7 Å². The average Bonchev–Trinajstić information content (AvgIpc) is 3.10. The van der Waals surface area contributed by atoms with Crippen LogP contribution >= 0.6 is 30.4 Å². The molecule has 0 N–H and O–H groups in total. The van der Waals surface area contributed by atoms with E-state index in [1.165, 1.54) is 36.4 Å². The molecule has 2 heterocycles. The maximum atomic E-state index is 11.0. The van der Waals surface area contributed by atoms with Crippen LogP contribution in [-0.2, 0) is 78.7 Å². The molecule has 0 spiro atoms. The highest BCUT2D eigenvalue weighted by molar-refractivity contribution is 7.48. The van der Waals surface area contributed by atoms with E-state index in [9.17, 15) is 57.4 Å². The highest BCUT2D eigenvalue weighted by Gasteiger charge is 2.13. The van der Waals surface area contributed by atoms with E-state index in [1.54, 1.807) is 38.6 Å². The number of aromatic nitrogens is 4.